The number of hydrogen-bond donors (Lipinski definition) is 1. The van der Waals surface area contributed by atoms with E-state index in [-0.39, 0.29) is 11.8 Å². The third kappa shape index (κ3) is 1.41. The maximum atomic E-state index is 12.5. The van der Waals surface area contributed by atoms with Crippen LogP contribution in [0.1, 0.15) is 26.2 Å². The molecular weight excluding hydrogens is 236 g/mol. The van der Waals surface area contributed by atoms with Crippen LogP contribution in [0.5, 0.6) is 0 Å². The lowest BCUT2D eigenvalue weighted by atomic mass is 9.87. The van der Waals surface area contributed by atoms with Crippen LogP contribution >= 0.6 is 0 Å². The number of rotatable bonds is 1. The van der Waals surface area contributed by atoms with Gasteiger partial charge in [0.15, 0.2) is 0 Å². The quantitative estimate of drug-likeness (QED) is 0.838. The maximum absolute atomic E-state index is 12.5. The summed E-state index contributed by atoms with van der Waals surface area (Å²) in [7, 11) is 0. The van der Waals surface area contributed by atoms with Gasteiger partial charge in [-0.3, -0.25) is 4.79 Å². The highest BCUT2D eigenvalue weighted by molar-refractivity contribution is 5.92. The zero-order valence-corrected chi connectivity index (χ0v) is 11.3. The Hall–Kier alpha value is -1.51. The molecule has 0 aromatic heterocycles. The molecule has 19 heavy (non-hydrogen) atoms. The van der Waals surface area contributed by atoms with Crippen molar-refractivity contribution in [3.8, 4) is 0 Å². The van der Waals surface area contributed by atoms with Crippen LogP contribution in [-0.4, -0.2) is 24.4 Å². The molecule has 2 saturated carbocycles. The fourth-order valence-electron chi connectivity index (χ4n) is 4.47. The van der Waals surface area contributed by atoms with Crippen LogP contribution in [0, 0.1) is 11.8 Å². The number of likely N-dealkylation sites (N-methyl/N-ethyl adjacent to an activating group) is 1. The third-order valence-electron chi connectivity index (χ3n) is 5.21. The molecule has 1 heterocycles. The number of nitrogens with one attached hydrogen (secondary N) is 1. The molecule has 4 rings (SSSR count). The Labute approximate surface area is 114 Å². The normalized spacial score (nSPS) is 35.6. The van der Waals surface area contributed by atoms with E-state index in [2.05, 4.69) is 41.4 Å². The second kappa shape index (κ2) is 3.99. The number of benzene rings is 1. The van der Waals surface area contributed by atoms with Crippen LogP contribution in [0.2, 0.25) is 0 Å². The summed E-state index contributed by atoms with van der Waals surface area (Å²) in [6.07, 6.45) is 3.36. The Bertz CT molecular complexity index is 527. The van der Waals surface area contributed by atoms with Crippen LogP contribution in [0.4, 0.5) is 11.4 Å². The van der Waals surface area contributed by atoms with Crippen molar-refractivity contribution in [2.75, 3.05) is 16.8 Å². The molecule has 0 spiro atoms. The van der Waals surface area contributed by atoms with E-state index in [0.29, 0.717) is 17.9 Å². The number of carbonyl (C=O) groups excluding carboxylic acids is 1. The molecule has 2 aliphatic carbocycles. The highest BCUT2D eigenvalue weighted by Crippen LogP contribution is 2.48. The summed E-state index contributed by atoms with van der Waals surface area (Å²) in [5.74, 6) is 1.01. The van der Waals surface area contributed by atoms with Gasteiger partial charge in [0.1, 0.15) is 5.78 Å². The van der Waals surface area contributed by atoms with Gasteiger partial charge in [0.25, 0.3) is 0 Å². The van der Waals surface area contributed by atoms with Gasteiger partial charge >= 0.3 is 0 Å². The molecule has 3 aliphatic rings. The second-order valence-electron chi connectivity index (χ2n) is 6.01. The summed E-state index contributed by atoms with van der Waals surface area (Å²) >= 11 is 0. The van der Waals surface area contributed by atoms with Crippen LogP contribution in [0.15, 0.2) is 24.3 Å². The summed E-state index contributed by atoms with van der Waals surface area (Å²) in [5.41, 5.74) is 2.47. The topological polar surface area (TPSA) is 32.3 Å². The molecule has 2 fully saturated rings. The zero-order chi connectivity index (χ0) is 13.0. The zero-order valence-electron chi connectivity index (χ0n) is 11.3. The van der Waals surface area contributed by atoms with Gasteiger partial charge in [0.05, 0.1) is 23.5 Å². The molecule has 3 nitrogen and oxygen atoms in total. The van der Waals surface area contributed by atoms with E-state index in [9.17, 15) is 4.79 Å². The van der Waals surface area contributed by atoms with Crippen LogP contribution in [0.25, 0.3) is 0 Å². The van der Waals surface area contributed by atoms with Crippen molar-refractivity contribution in [1.29, 1.82) is 0 Å². The number of carbonyl (C=O) groups is 1. The van der Waals surface area contributed by atoms with Crippen LogP contribution in [0.3, 0.4) is 0 Å². The molecule has 3 heteroatoms. The molecular formula is C16H20N2O. The van der Waals surface area contributed by atoms with Crippen LogP contribution in [-0.2, 0) is 4.79 Å². The molecule has 4 unspecified atom stereocenters. The van der Waals surface area contributed by atoms with E-state index in [1.54, 1.807) is 0 Å². The second-order valence-corrected chi connectivity index (χ2v) is 6.01. The first kappa shape index (κ1) is 11.3. The fraction of sp³-hybridized carbons (Fsp3) is 0.562. The molecule has 4 atom stereocenters. The van der Waals surface area contributed by atoms with Gasteiger partial charge in [0, 0.05) is 18.4 Å². The van der Waals surface area contributed by atoms with Gasteiger partial charge in [0.2, 0.25) is 0 Å². The molecule has 2 bridgehead atoms. The number of hydrogen-bond acceptors (Lipinski definition) is 3. The molecule has 1 aromatic rings. The SMILES string of the molecule is CCN1c2ccccc2NC2C3CCCC(C3=O)C21. The summed E-state index contributed by atoms with van der Waals surface area (Å²) < 4.78 is 0. The first-order valence-electron chi connectivity index (χ1n) is 7.47. The minimum Gasteiger partial charge on any atom is -0.378 e. The number of nitrogens with zero attached hydrogens (tertiary/aromatic N) is 1. The van der Waals surface area contributed by atoms with Gasteiger partial charge in [-0.25, -0.2) is 0 Å². The van der Waals surface area contributed by atoms with Crippen molar-refractivity contribution < 1.29 is 4.79 Å². The van der Waals surface area contributed by atoms with E-state index < -0.39 is 0 Å². The standard InChI is InChI=1S/C16H20N2O/c1-2-18-13-9-4-3-8-12(13)17-14-10-6-5-7-11(15(14)18)16(10)19/h3-4,8-11,14-15,17H,2,5-7H2,1H3. The van der Waals surface area contributed by atoms with Crippen LogP contribution < -0.4 is 10.2 Å². The minimum absolute atomic E-state index is 0.242. The number of Topliss-reactive ketones (excluding diaryl/α,β-unsaturated/α-hetero) is 1. The lowest BCUT2D eigenvalue weighted by molar-refractivity contribution is -0.125. The first-order chi connectivity index (χ1) is 9.31. The van der Waals surface area contributed by atoms with Gasteiger partial charge in [-0.05, 0) is 31.9 Å². The van der Waals surface area contributed by atoms with E-state index in [0.717, 1.165) is 19.4 Å². The van der Waals surface area contributed by atoms with E-state index in [1.165, 1.54) is 17.8 Å². The molecule has 1 aromatic carbocycles. The predicted octanol–water partition coefficient (Wildman–Crippen LogP) is 2.67. The fourth-order valence-corrected chi connectivity index (χ4v) is 4.47. The summed E-state index contributed by atoms with van der Waals surface area (Å²) in [5, 5.41) is 3.66. The average molecular weight is 256 g/mol. The molecule has 0 amide bonds. The Balaban J connectivity index is 1.83. The van der Waals surface area contributed by atoms with E-state index in [1.807, 2.05) is 0 Å². The molecule has 0 radical (unpaired) electrons. The number of ketones is 1. The number of para-hydroxylation sites is 2. The Kier molecular flexibility index (Phi) is 2.38. The highest BCUT2D eigenvalue weighted by Gasteiger charge is 2.55. The third-order valence-corrected chi connectivity index (χ3v) is 5.21. The van der Waals surface area contributed by atoms with Crippen molar-refractivity contribution in [3.05, 3.63) is 24.3 Å². The van der Waals surface area contributed by atoms with Crippen molar-refractivity contribution >= 4 is 17.2 Å². The molecule has 1 N–H and O–H groups in total. The van der Waals surface area contributed by atoms with Gasteiger partial charge in [-0.1, -0.05) is 18.6 Å². The molecule has 1 aliphatic heterocycles. The van der Waals surface area contributed by atoms with Crippen molar-refractivity contribution in [2.24, 2.45) is 11.8 Å². The smallest absolute Gasteiger partial charge is 0.143 e. The monoisotopic (exact) mass is 256 g/mol. The minimum atomic E-state index is 0.242. The van der Waals surface area contributed by atoms with Crippen molar-refractivity contribution in [2.45, 2.75) is 38.3 Å². The predicted molar refractivity (Wildman–Crippen MR) is 76.5 cm³/mol. The summed E-state index contributed by atoms with van der Waals surface area (Å²) in [6.45, 7) is 3.18. The first-order valence-corrected chi connectivity index (χ1v) is 7.47. The number of anilines is 2. The summed E-state index contributed by atoms with van der Waals surface area (Å²) in [6, 6.07) is 9.18. The van der Waals surface area contributed by atoms with Gasteiger partial charge in [-0.15, -0.1) is 0 Å². The lowest BCUT2D eigenvalue weighted by Gasteiger charge is -2.43. The lowest BCUT2D eigenvalue weighted by Crippen LogP contribution is -2.51. The highest BCUT2D eigenvalue weighted by atomic mass is 16.1. The molecule has 0 saturated heterocycles. The number of fused-ring (bicyclic) bond motifs is 6. The van der Waals surface area contributed by atoms with Crippen molar-refractivity contribution in [3.63, 3.8) is 0 Å². The maximum Gasteiger partial charge on any atom is 0.143 e. The Morgan fingerprint density at radius 3 is 2.89 bits per heavy atom. The van der Waals surface area contributed by atoms with Gasteiger partial charge < -0.3 is 10.2 Å². The van der Waals surface area contributed by atoms with E-state index >= 15 is 0 Å². The van der Waals surface area contributed by atoms with Crippen molar-refractivity contribution in [1.82, 2.24) is 0 Å². The summed E-state index contributed by atoms with van der Waals surface area (Å²) in [4.78, 5) is 15.0. The Morgan fingerprint density at radius 1 is 1.26 bits per heavy atom. The average Bonchev–Trinajstić information content (AvgIpc) is 2.61. The van der Waals surface area contributed by atoms with E-state index in [4.69, 9.17) is 0 Å². The Morgan fingerprint density at radius 2 is 2.05 bits per heavy atom. The van der Waals surface area contributed by atoms with Gasteiger partial charge in [-0.2, -0.15) is 0 Å². The largest absolute Gasteiger partial charge is 0.378 e. The molecule has 100 valence electrons.